The molecule has 2 aromatic carbocycles. The van der Waals surface area contributed by atoms with Gasteiger partial charge in [0.1, 0.15) is 12.1 Å². The van der Waals surface area contributed by atoms with E-state index in [1.807, 2.05) is 0 Å². The van der Waals surface area contributed by atoms with Gasteiger partial charge in [-0.1, -0.05) is 29.3 Å². The number of rotatable bonds is 4. The van der Waals surface area contributed by atoms with Gasteiger partial charge >= 0.3 is 0 Å². The molecule has 5 rings (SSSR count). The monoisotopic (exact) mass is 496 g/mol. The van der Waals surface area contributed by atoms with Gasteiger partial charge in [0.25, 0.3) is 5.56 Å². The molecule has 0 saturated heterocycles. The molecule has 0 saturated carbocycles. The Labute approximate surface area is 201 Å². The molecule has 0 aliphatic heterocycles. The Bertz CT molecular complexity index is 1590. The summed E-state index contributed by atoms with van der Waals surface area (Å²) in [6.45, 7) is 0. The summed E-state index contributed by atoms with van der Waals surface area (Å²) in [6, 6.07) is 12.8. The zero-order valence-electron chi connectivity index (χ0n) is 17.0. The predicted octanol–water partition coefficient (Wildman–Crippen LogP) is 6.20. The highest BCUT2D eigenvalue weighted by atomic mass is 35.5. The van der Waals surface area contributed by atoms with Crippen LogP contribution < -0.4 is 10.3 Å². The van der Waals surface area contributed by atoms with Crippen LogP contribution in [0, 0.1) is 11.6 Å². The number of ether oxygens (including phenoxy) is 1. The minimum Gasteiger partial charge on any atom is -0.434 e. The van der Waals surface area contributed by atoms with Gasteiger partial charge in [-0.2, -0.15) is 4.98 Å². The van der Waals surface area contributed by atoms with Crippen molar-refractivity contribution in [2.75, 3.05) is 0 Å². The SMILES string of the molecule is O=c1ncn2nc(Oc3ccc(F)cc3F)c(-c3ccncc3)cc2c1-c1c(Cl)cccc1Cl. The summed E-state index contributed by atoms with van der Waals surface area (Å²) in [5.74, 6) is -1.88. The van der Waals surface area contributed by atoms with Gasteiger partial charge in [0, 0.05) is 29.6 Å². The Morgan fingerprint density at radius 2 is 1.65 bits per heavy atom. The van der Waals surface area contributed by atoms with Gasteiger partial charge in [0.05, 0.1) is 21.1 Å². The van der Waals surface area contributed by atoms with E-state index in [4.69, 9.17) is 27.9 Å². The van der Waals surface area contributed by atoms with Crippen LogP contribution in [0.3, 0.4) is 0 Å². The third-order valence-electron chi connectivity index (χ3n) is 5.02. The molecule has 0 bridgehead atoms. The normalized spacial score (nSPS) is 11.1. The lowest BCUT2D eigenvalue weighted by Crippen LogP contribution is -2.14. The molecule has 0 unspecified atom stereocenters. The lowest BCUT2D eigenvalue weighted by molar-refractivity contribution is 0.418. The topological polar surface area (TPSA) is 69.4 Å². The van der Waals surface area contributed by atoms with Crippen molar-refractivity contribution in [2.24, 2.45) is 0 Å². The average Bonchev–Trinajstić information content (AvgIpc) is 2.82. The minimum atomic E-state index is -0.899. The number of aromatic nitrogens is 4. The summed E-state index contributed by atoms with van der Waals surface area (Å²) >= 11 is 12.8. The van der Waals surface area contributed by atoms with E-state index in [2.05, 4.69) is 15.1 Å². The summed E-state index contributed by atoms with van der Waals surface area (Å²) < 4.78 is 34.7. The number of fused-ring (bicyclic) bond motifs is 1. The minimum absolute atomic E-state index is 0.00846. The van der Waals surface area contributed by atoms with Crippen molar-refractivity contribution in [2.45, 2.75) is 0 Å². The third-order valence-corrected chi connectivity index (χ3v) is 5.65. The van der Waals surface area contributed by atoms with Crippen molar-refractivity contribution in [3.05, 3.63) is 105 Å². The van der Waals surface area contributed by atoms with E-state index in [-0.39, 0.29) is 27.2 Å². The highest BCUT2D eigenvalue weighted by Gasteiger charge is 2.20. The summed E-state index contributed by atoms with van der Waals surface area (Å²) in [6.07, 6.45) is 4.33. The van der Waals surface area contributed by atoms with Gasteiger partial charge in [-0.25, -0.2) is 13.3 Å². The fourth-order valence-corrected chi connectivity index (χ4v) is 4.06. The Hall–Kier alpha value is -3.88. The molecule has 0 radical (unpaired) electrons. The molecule has 0 spiro atoms. The van der Waals surface area contributed by atoms with Gasteiger partial charge in [-0.05, 0) is 48.0 Å². The zero-order valence-corrected chi connectivity index (χ0v) is 18.6. The van der Waals surface area contributed by atoms with E-state index >= 15 is 0 Å². The van der Waals surface area contributed by atoms with Crippen molar-refractivity contribution in [1.82, 2.24) is 19.6 Å². The van der Waals surface area contributed by atoms with E-state index < -0.39 is 17.2 Å². The predicted molar refractivity (Wildman–Crippen MR) is 124 cm³/mol. The third kappa shape index (κ3) is 3.98. The molecule has 0 aliphatic carbocycles. The average molecular weight is 497 g/mol. The fraction of sp³-hybridized carbons (Fsp3) is 0. The van der Waals surface area contributed by atoms with Gasteiger partial charge in [0.15, 0.2) is 11.6 Å². The molecule has 3 aromatic heterocycles. The van der Waals surface area contributed by atoms with Crippen LogP contribution in [0.1, 0.15) is 0 Å². The number of halogens is 4. The van der Waals surface area contributed by atoms with E-state index in [0.29, 0.717) is 28.3 Å². The van der Waals surface area contributed by atoms with Crippen molar-refractivity contribution < 1.29 is 13.5 Å². The highest BCUT2D eigenvalue weighted by Crippen LogP contribution is 2.38. The number of hydrogen-bond donors (Lipinski definition) is 0. The number of benzene rings is 2. The summed E-state index contributed by atoms with van der Waals surface area (Å²) in [7, 11) is 0. The van der Waals surface area contributed by atoms with Crippen LogP contribution in [-0.4, -0.2) is 19.6 Å². The molecule has 0 aliphatic rings. The highest BCUT2D eigenvalue weighted by molar-refractivity contribution is 6.39. The summed E-state index contributed by atoms with van der Waals surface area (Å²) in [4.78, 5) is 20.7. The van der Waals surface area contributed by atoms with E-state index in [1.54, 1.807) is 48.8 Å². The van der Waals surface area contributed by atoms with Crippen molar-refractivity contribution >= 4 is 28.7 Å². The molecule has 168 valence electrons. The van der Waals surface area contributed by atoms with Gasteiger partial charge in [-0.15, -0.1) is 5.10 Å². The van der Waals surface area contributed by atoms with Gasteiger partial charge < -0.3 is 4.74 Å². The van der Waals surface area contributed by atoms with Crippen molar-refractivity contribution in [3.8, 4) is 33.9 Å². The standard InChI is InChI=1S/C24H12Cl2F2N4O2/c25-16-2-1-3-17(26)21(16)22-19-11-15(13-6-8-29-9-7-13)24(31-32(19)12-30-23(22)33)34-20-5-4-14(27)10-18(20)28/h1-12H. The van der Waals surface area contributed by atoms with Crippen LogP contribution in [0.5, 0.6) is 11.6 Å². The first-order valence-electron chi connectivity index (χ1n) is 9.83. The van der Waals surface area contributed by atoms with E-state index in [0.717, 1.165) is 12.1 Å². The quantitative estimate of drug-likeness (QED) is 0.296. The first kappa shape index (κ1) is 21.9. The molecular formula is C24H12Cl2F2N4O2. The molecule has 0 atom stereocenters. The van der Waals surface area contributed by atoms with Crippen LogP contribution >= 0.6 is 23.2 Å². The second-order valence-electron chi connectivity index (χ2n) is 7.13. The Morgan fingerprint density at radius 1 is 0.912 bits per heavy atom. The molecule has 3 heterocycles. The molecule has 10 heteroatoms. The second kappa shape index (κ2) is 8.81. The first-order valence-corrected chi connectivity index (χ1v) is 10.6. The Balaban J connectivity index is 1.80. The maximum Gasteiger partial charge on any atom is 0.281 e. The van der Waals surface area contributed by atoms with E-state index in [1.165, 1.54) is 10.8 Å². The zero-order chi connectivity index (χ0) is 23.8. The molecule has 34 heavy (non-hydrogen) atoms. The van der Waals surface area contributed by atoms with Crippen LogP contribution in [-0.2, 0) is 0 Å². The van der Waals surface area contributed by atoms with Crippen molar-refractivity contribution in [3.63, 3.8) is 0 Å². The number of nitrogens with zero attached hydrogens (tertiary/aromatic N) is 4. The lowest BCUT2D eigenvalue weighted by Gasteiger charge is -2.15. The van der Waals surface area contributed by atoms with E-state index in [9.17, 15) is 13.6 Å². The van der Waals surface area contributed by atoms with Gasteiger partial charge in [-0.3, -0.25) is 9.78 Å². The lowest BCUT2D eigenvalue weighted by atomic mass is 10.0. The maximum atomic E-state index is 14.3. The Morgan fingerprint density at radius 3 is 2.35 bits per heavy atom. The maximum absolute atomic E-state index is 14.3. The molecular weight excluding hydrogens is 485 g/mol. The van der Waals surface area contributed by atoms with Crippen LogP contribution in [0.2, 0.25) is 10.0 Å². The molecule has 5 aromatic rings. The Kier molecular flexibility index (Phi) is 5.69. The largest absolute Gasteiger partial charge is 0.434 e. The first-order chi connectivity index (χ1) is 16.4. The number of hydrogen-bond acceptors (Lipinski definition) is 5. The molecule has 0 N–H and O–H groups in total. The van der Waals surface area contributed by atoms with Crippen LogP contribution in [0.4, 0.5) is 8.78 Å². The molecule has 0 fully saturated rings. The van der Waals surface area contributed by atoms with Crippen LogP contribution in [0.15, 0.2) is 78.1 Å². The van der Waals surface area contributed by atoms with Crippen LogP contribution in [0.25, 0.3) is 27.8 Å². The fourth-order valence-electron chi connectivity index (χ4n) is 3.47. The smallest absolute Gasteiger partial charge is 0.281 e. The second-order valence-corrected chi connectivity index (χ2v) is 7.94. The summed E-state index contributed by atoms with van der Waals surface area (Å²) in [5.41, 5.74) is 1.27. The van der Waals surface area contributed by atoms with Crippen molar-refractivity contribution in [1.29, 1.82) is 0 Å². The molecule has 0 amide bonds. The van der Waals surface area contributed by atoms with Gasteiger partial charge in [0.2, 0.25) is 5.88 Å². The summed E-state index contributed by atoms with van der Waals surface area (Å²) in [5, 5.41) is 4.95. The number of pyridine rings is 1. The molecule has 6 nitrogen and oxygen atoms in total.